The molecule has 1 aliphatic carbocycles. The van der Waals surface area contributed by atoms with Crippen molar-refractivity contribution in [3.8, 4) is 0 Å². The van der Waals surface area contributed by atoms with Crippen molar-refractivity contribution >= 4 is 0 Å². The van der Waals surface area contributed by atoms with Crippen LogP contribution in [0.1, 0.15) is 24.0 Å². The monoisotopic (exact) mass is 229 g/mol. The van der Waals surface area contributed by atoms with E-state index in [1.54, 1.807) is 12.1 Å². The summed E-state index contributed by atoms with van der Waals surface area (Å²) in [5, 5.41) is 3.33. The summed E-state index contributed by atoms with van der Waals surface area (Å²) in [6, 6.07) is 6.04. The average molecular weight is 229 g/mol. The van der Waals surface area contributed by atoms with Crippen LogP contribution in [0.3, 0.4) is 0 Å². The lowest BCUT2D eigenvalue weighted by Crippen LogP contribution is -2.19. The predicted molar refractivity (Wildman–Crippen MR) is 56.2 cm³/mol. The number of rotatable bonds is 4. The molecule has 0 aliphatic heterocycles. The van der Waals surface area contributed by atoms with Gasteiger partial charge in [-0.1, -0.05) is 12.1 Å². The third-order valence-corrected chi connectivity index (χ3v) is 2.71. The van der Waals surface area contributed by atoms with Crippen LogP contribution in [0.5, 0.6) is 0 Å². The molecule has 0 aromatic heterocycles. The molecule has 2 rings (SSSR count). The quantitative estimate of drug-likeness (QED) is 0.836. The first-order valence-electron chi connectivity index (χ1n) is 5.45. The zero-order chi connectivity index (χ0) is 11.6. The normalized spacial score (nSPS) is 16.4. The fraction of sp³-hybridized carbons (Fsp3) is 0.500. The van der Waals surface area contributed by atoms with E-state index in [0.717, 1.165) is 30.7 Å². The molecule has 0 radical (unpaired) electrons. The van der Waals surface area contributed by atoms with Crippen LogP contribution in [-0.2, 0) is 12.6 Å². The van der Waals surface area contributed by atoms with Crippen LogP contribution < -0.4 is 5.32 Å². The second-order valence-electron chi connectivity index (χ2n) is 4.17. The molecule has 1 aromatic rings. The second kappa shape index (κ2) is 4.45. The molecule has 0 heterocycles. The molecule has 0 unspecified atom stereocenters. The van der Waals surface area contributed by atoms with E-state index < -0.39 is 11.7 Å². The van der Waals surface area contributed by atoms with Gasteiger partial charge in [0.25, 0.3) is 0 Å². The van der Waals surface area contributed by atoms with Gasteiger partial charge in [-0.2, -0.15) is 13.2 Å². The lowest BCUT2D eigenvalue weighted by atomic mass is 10.1. The van der Waals surface area contributed by atoms with Gasteiger partial charge in [-0.05, 0) is 43.5 Å². The zero-order valence-corrected chi connectivity index (χ0v) is 8.85. The van der Waals surface area contributed by atoms with Crippen LogP contribution in [0.2, 0.25) is 0 Å². The molecule has 16 heavy (non-hydrogen) atoms. The SMILES string of the molecule is FC(F)(F)c1ccc(CCNC2CC2)cc1. The van der Waals surface area contributed by atoms with Gasteiger partial charge >= 0.3 is 6.18 Å². The predicted octanol–water partition coefficient (Wildman–Crippen LogP) is 3.00. The Bertz CT molecular complexity index is 338. The number of alkyl halides is 3. The van der Waals surface area contributed by atoms with E-state index in [0.29, 0.717) is 6.04 Å². The fourth-order valence-electron chi connectivity index (χ4n) is 1.57. The minimum atomic E-state index is -4.23. The fourth-order valence-corrected chi connectivity index (χ4v) is 1.57. The molecule has 0 amide bonds. The molecule has 0 bridgehead atoms. The van der Waals surface area contributed by atoms with Gasteiger partial charge in [-0.25, -0.2) is 0 Å². The Morgan fingerprint density at radius 2 is 1.75 bits per heavy atom. The first-order valence-corrected chi connectivity index (χ1v) is 5.45. The molecule has 0 spiro atoms. The Morgan fingerprint density at radius 1 is 1.12 bits per heavy atom. The van der Waals surface area contributed by atoms with Gasteiger partial charge in [-0.3, -0.25) is 0 Å². The maximum Gasteiger partial charge on any atom is 0.416 e. The lowest BCUT2D eigenvalue weighted by Gasteiger charge is -2.07. The van der Waals surface area contributed by atoms with E-state index >= 15 is 0 Å². The van der Waals surface area contributed by atoms with E-state index in [1.807, 2.05) is 0 Å². The summed E-state index contributed by atoms with van der Waals surface area (Å²) in [5.74, 6) is 0. The number of benzene rings is 1. The number of hydrogen-bond donors (Lipinski definition) is 1. The van der Waals surface area contributed by atoms with Crippen molar-refractivity contribution in [1.82, 2.24) is 5.32 Å². The molecule has 1 aliphatic rings. The highest BCUT2D eigenvalue weighted by molar-refractivity contribution is 5.24. The molecule has 1 saturated carbocycles. The van der Waals surface area contributed by atoms with E-state index in [-0.39, 0.29) is 0 Å². The smallest absolute Gasteiger partial charge is 0.314 e. The molecular weight excluding hydrogens is 215 g/mol. The van der Waals surface area contributed by atoms with E-state index in [1.165, 1.54) is 12.8 Å². The number of halogens is 3. The number of hydrogen-bond acceptors (Lipinski definition) is 1. The topological polar surface area (TPSA) is 12.0 Å². The van der Waals surface area contributed by atoms with Gasteiger partial charge in [0.15, 0.2) is 0 Å². The van der Waals surface area contributed by atoms with Crippen molar-refractivity contribution in [1.29, 1.82) is 0 Å². The third-order valence-electron chi connectivity index (χ3n) is 2.71. The van der Waals surface area contributed by atoms with E-state index in [2.05, 4.69) is 5.32 Å². The minimum absolute atomic E-state index is 0.577. The summed E-state index contributed by atoms with van der Waals surface area (Å²) in [6.07, 6.45) is -0.987. The highest BCUT2D eigenvalue weighted by atomic mass is 19.4. The van der Waals surface area contributed by atoms with Crippen LogP contribution in [0.15, 0.2) is 24.3 Å². The Hall–Kier alpha value is -1.03. The van der Waals surface area contributed by atoms with Crippen LogP contribution in [0, 0.1) is 0 Å². The second-order valence-corrected chi connectivity index (χ2v) is 4.17. The molecule has 0 atom stereocenters. The maximum absolute atomic E-state index is 12.3. The first-order chi connectivity index (χ1) is 7.55. The average Bonchev–Trinajstić information content (AvgIpc) is 3.01. The highest BCUT2D eigenvalue weighted by Gasteiger charge is 2.29. The molecule has 4 heteroatoms. The lowest BCUT2D eigenvalue weighted by molar-refractivity contribution is -0.137. The van der Waals surface area contributed by atoms with Gasteiger partial charge < -0.3 is 5.32 Å². The van der Waals surface area contributed by atoms with Crippen LogP contribution >= 0.6 is 0 Å². The largest absolute Gasteiger partial charge is 0.416 e. The van der Waals surface area contributed by atoms with Crippen molar-refractivity contribution in [2.24, 2.45) is 0 Å². The molecule has 0 saturated heterocycles. The summed E-state index contributed by atoms with van der Waals surface area (Å²) in [6.45, 7) is 0.843. The van der Waals surface area contributed by atoms with Crippen LogP contribution in [0.4, 0.5) is 13.2 Å². The Balaban J connectivity index is 1.85. The van der Waals surface area contributed by atoms with Gasteiger partial charge in [0.1, 0.15) is 0 Å². The molecule has 1 nitrogen and oxygen atoms in total. The minimum Gasteiger partial charge on any atom is -0.314 e. The van der Waals surface area contributed by atoms with Gasteiger partial charge in [-0.15, -0.1) is 0 Å². The van der Waals surface area contributed by atoms with Crippen molar-refractivity contribution in [3.05, 3.63) is 35.4 Å². The van der Waals surface area contributed by atoms with E-state index in [9.17, 15) is 13.2 Å². The molecule has 1 fully saturated rings. The summed E-state index contributed by atoms with van der Waals surface area (Å²) in [7, 11) is 0. The Labute approximate surface area is 92.7 Å². The Kier molecular flexibility index (Phi) is 3.19. The highest BCUT2D eigenvalue weighted by Crippen LogP contribution is 2.29. The standard InChI is InChI=1S/C12H14F3N/c13-12(14,15)10-3-1-9(2-4-10)7-8-16-11-5-6-11/h1-4,11,16H,5-8H2. The summed E-state index contributed by atoms with van der Waals surface area (Å²) >= 11 is 0. The van der Waals surface area contributed by atoms with E-state index in [4.69, 9.17) is 0 Å². The zero-order valence-electron chi connectivity index (χ0n) is 8.85. The molecule has 1 N–H and O–H groups in total. The molecule has 1 aromatic carbocycles. The van der Waals surface area contributed by atoms with Crippen molar-refractivity contribution in [2.75, 3.05) is 6.54 Å². The van der Waals surface area contributed by atoms with Crippen LogP contribution in [-0.4, -0.2) is 12.6 Å². The molecule has 88 valence electrons. The first kappa shape index (κ1) is 11.5. The van der Waals surface area contributed by atoms with Crippen molar-refractivity contribution in [3.63, 3.8) is 0 Å². The van der Waals surface area contributed by atoms with Crippen molar-refractivity contribution < 1.29 is 13.2 Å². The van der Waals surface area contributed by atoms with Gasteiger partial charge in [0, 0.05) is 6.04 Å². The Morgan fingerprint density at radius 3 is 2.25 bits per heavy atom. The maximum atomic E-state index is 12.3. The van der Waals surface area contributed by atoms with Gasteiger partial charge in [0.05, 0.1) is 5.56 Å². The third kappa shape index (κ3) is 3.23. The molecular formula is C12H14F3N. The summed E-state index contributed by atoms with van der Waals surface area (Å²) in [4.78, 5) is 0. The summed E-state index contributed by atoms with van der Waals surface area (Å²) in [5.41, 5.74) is 0.368. The van der Waals surface area contributed by atoms with Crippen LogP contribution in [0.25, 0.3) is 0 Å². The summed E-state index contributed by atoms with van der Waals surface area (Å²) < 4.78 is 36.8. The van der Waals surface area contributed by atoms with Crippen molar-refractivity contribution in [2.45, 2.75) is 31.5 Å². The van der Waals surface area contributed by atoms with Gasteiger partial charge in [0.2, 0.25) is 0 Å². The number of nitrogens with one attached hydrogen (secondary N) is 1.